The van der Waals surface area contributed by atoms with Crippen molar-refractivity contribution in [3.05, 3.63) is 64.3 Å². The number of benzene rings is 1. The van der Waals surface area contributed by atoms with E-state index in [4.69, 9.17) is 4.74 Å². The molecule has 1 aromatic carbocycles. The van der Waals surface area contributed by atoms with Crippen molar-refractivity contribution < 1.29 is 22.7 Å². The number of aromatic nitrogens is 3. The molecule has 0 aliphatic carbocycles. The second-order valence-corrected chi connectivity index (χ2v) is 7.83. The number of carbonyl (C=O) groups is 1. The number of anilines is 1. The molecule has 11 heteroatoms. The molecule has 1 N–H and O–H groups in total. The number of pyridine rings is 1. The van der Waals surface area contributed by atoms with Crippen molar-refractivity contribution in [2.45, 2.75) is 25.6 Å². The number of ether oxygens (including phenoxy) is 1. The number of halogens is 3. The first-order valence-electron chi connectivity index (χ1n) is 10.4. The Balaban J connectivity index is 1.32. The zero-order valence-corrected chi connectivity index (χ0v) is 17.8. The van der Waals surface area contributed by atoms with Gasteiger partial charge in [0.2, 0.25) is 5.95 Å². The Kier molecular flexibility index (Phi) is 6.21. The largest absolute Gasteiger partial charge is 0.446 e. The number of rotatable bonds is 4. The van der Waals surface area contributed by atoms with E-state index in [9.17, 15) is 22.8 Å². The van der Waals surface area contributed by atoms with Crippen molar-refractivity contribution >= 4 is 22.8 Å². The van der Waals surface area contributed by atoms with Gasteiger partial charge in [0.05, 0.1) is 5.56 Å². The molecule has 0 radical (unpaired) electrons. The van der Waals surface area contributed by atoms with Crippen molar-refractivity contribution in [1.29, 1.82) is 0 Å². The highest BCUT2D eigenvalue weighted by Gasteiger charge is 2.32. The summed E-state index contributed by atoms with van der Waals surface area (Å²) in [4.78, 5) is 38.1. The van der Waals surface area contributed by atoms with Gasteiger partial charge >= 0.3 is 12.3 Å². The molecule has 174 valence electrons. The lowest BCUT2D eigenvalue weighted by atomic mass is 10.0. The van der Waals surface area contributed by atoms with Gasteiger partial charge < -0.3 is 19.5 Å². The van der Waals surface area contributed by atoms with Crippen LogP contribution in [0.25, 0.3) is 10.8 Å². The van der Waals surface area contributed by atoms with E-state index in [1.165, 1.54) is 0 Å². The Hall–Kier alpha value is -3.63. The molecule has 8 nitrogen and oxygen atoms in total. The van der Waals surface area contributed by atoms with Gasteiger partial charge in [-0.25, -0.2) is 14.8 Å². The van der Waals surface area contributed by atoms with Crippen LogP contribution in [0.1, 0.15) is 18.1 Å². The van der Waals surface area contributed by atoms with E-state index < -0.39 is 23.9 Å². The summed E-state index contributed by atoms with van der Waals surface area (Å²) < 4.78 is 43.6. The van der Waals surface area contributed by atoms with Crippen molar-refractivity contribution in [3.8, 4) is 0 Å². The number of amides is 1. The van der Waals surface area contributed by atoms with Gasteiger partial charge in [-0.05, 0) is 23.9 Å². The molecular formula is C22H22F3N5O3. The Morgan fingerprint density at radius 2 is 1.76 bits per heavy atom. The number of aromatic amines is 1. The molecule has 1 unspecified atom stereocenters. The Morgan fingerprint density at radius 1 is 1.12 bits per heavy atom. The first kappa shape index (κ1) is 22.6. The summed E-state index contributed by atoms with van der Waals surface area (Å²) in [5, 5.41) is 1.39. The number of piperazine rings is 1. The number of carbonyl (C=O) groups excluding carboxylic acids is 1. The third kappa shape index (κ3) is 5.07. The lowest BCUT2D eigenvalue weighted by molar-refractivity contribution is -0.138. The summed E-state index contributed by atoms with van der Waals surface area (Å²) in [6.45, 7) is 3.19. The summed E-state index contributed by atoms with van der Waals surface area (Å²) in [7, 11) is 0. The topological polar surface area (TPSA) is 91.4 Å². The fourth-order valence-electron chi connectivity index (χ4n) is 3.76. The summed E-state index contributed by atoms with van der Waals surface area (Å²) in [5.41, 5.74) is -0.207. The molecule has 4 rings (SSSR count). The maximum Gasteiger partial charge on any atom is 0.419 e. The second-order valence-electron chi connectivity index (χ2n) is 7.83. The number of H-pyrrole nitrogens is 1. The fraction of sp³-hybridized carbons (Fsp3) is 0.364. The molecule has 0 saturated carbocycles. The molecule has 1 aliphatic rings. The molecule has 1 aliphatic heterocycles. The van der Waals surface area contributed by atoms with Gasteiger partial charge in [-0.15, -0.1) is 0 Å². The molecule has 1 saturated heterocycles. The van der Waals surface area contributed by atoms with Crippen molar-refractivity contribution in [2.24, 2.45) is 0 Å². The van der Waals surface area contributed by atoms with Gasteiger partial charge in [-0.3, -0.25) is 4.79 Å². The number of hydrogen-bond donors (Lipinski definition) is 1. The van der Waals surface area contributed by atoms with Gasteiger partial charge in [0.1, 0.15) is 6.10 Å². The van der Waals surface area contributed by atoms with Crippen molar-refractivity contribution in [1.82, 2.24) is 19.9 Å². The molecular weight excluding hydrogens is 439 g/mol. The van der Waals surface area contributed by atoms with Gasteiger partial charge in [0, 0.05) is 56.6 Å². The highest BCUT2D eigenvalue weighted by atomic mass is 19.4. The summed E-state index contributed by atoms with van der Waals surface area (Å²) in [5.74, 6) is 0.189. The van der Waals surface area contributed by atoms with Gasteiger partial charge in [0.25, 0.3) is 5.56 Å². The zero-order valence-electron chi connectivity index (χ0n) is 17.8. The van der Waals surface area contributed by atoms with Crippen LogP contribution in [-0.2, 0) is 17.3 Å². The summed E-state index contributed by atoms with van der Waals surface area (Å²) >= 11 is 0. The van der Waals surface area contributed by atoms with Crippen LogP contribution < -0.4 is 10.5 Å². The Bertz CT molecular complexity index is 1190. The first-order valence-corrected chi connectivity index (χ1v) is 10.4. The van der Waals surface area contributed by atoms with Crippen LogP contribution in [0.4, 0.5) is 23.9 Å². The number of nitrogens with one attached hydrogen (secondary N) is 1. The zero-order chi connectivity index (χ0) is 23.6. The van der Waals surface area contributed by atoms with Gasteiger partial charge in [-0.2, -0.15) is 13.2 Å². The molecule has 0 spiro atoms. The SMILES string of the molecule is CC(Cc1c[nH]c(=O)c2ccccc12)OC(=O)N1CCN(c2ncc(C(F)(F)F)cn2)CC1. The van der Waals surface area contributed by atoms with E-state index in [0.717, 1.165) is 23.3 Å². The van der Waals surface area contributed by atoms with E-state index in [0.29, 0.717) is 38.0 Å². The standard InChI is InChI=1S/C22H22F3N5O3/c1-14(10-15-11-26-19(31)18-5-3-2-4-17(15)18)33-21(32)30-8-6-29(7-9-30)20-27-12-16(13-28-20)22(23,24)25/h2-5,11-14H,6-10H2,1H3,(H,26,31). The molecule has 1 fully saturated rings. The molecule has 33 heavy (non-hydrogen) atoms. The van der Waals surface area contributed by atoms with E-state index in [1.807, 2.05) is 12.1 Å². The minimum Gasteiger partial charge on any atom is -0.446 e. The number of nitrogens with zero attached hydrogens (tertiary/aromatic N) is 4. The van der Waals surface area contributed by atoms with E-state index in [1.54, 1.807) is 35.1 Å². The maximum absolute atomic E-state index is 12.7. The third-order valence-corrected chi connectivity index (χ3v) is 5.49. The maximum atomic E-state index is 12.7. The smallest absolute Gasteiger partial charge is 0.419 e. The molecule has 0 bridgehead atoms. The lowest BCUT2D eigenvalue weighted by Crippen LogP contribution is -2.50. The first-order chi connectivity index (χ1) is 15.7. The van der Waals surface area contributed by atoms with E-state index >= 15 is 0 Å². The van der Waals surface area contributed by atoms with Crippen molar-refractivity contribution in [2.75, 3.05) is 31.1 Å². The number of fused-ring (bicyclic) bond motifs is 1. The summed E-state index contributed by atoms with van der Waals surface area (Å²) in [6, 6.07) is 7.24. The van der Waals surface area contributed by atoms with Crippen LogP contribution in [-0.4, -0.2) is 58.2 Å². The third-order valence-electron chi connectivity index (χ3n) is 5.49. The average molecular weight is 461 g/mol. The molecule has 1 amide bonds. The Labute approximate surface area is 187 Å². The van der Waals surface area contributed by atoms with Crippen LogP contribution in [0.3, 0.4) is 0 Å². The molecule has 1 atom stereocenters. The lowest BCUT2D eigenvalue weighted by Gasteiger charge is -2.34. The normalized spacial score (nSPS) is 15.5. The average Bonchev–Trinajstić information content (AvgIpc) is 2.81. The minimum atomic E-state index is -4.49. The van der Waals surface area contributed by atoms with Crippen LogP contribution >= 0.6 is 0 Å². The van der Waals surface area contributed by atoms with E-state index in [-0.39, 0.29) is 11.5 Å². The monoisotopic (exact) mass is 461 g/mol. The Morgan fingerprint density at radius 3 is 2.39 bits per heavy atom. The van der Waals surface area contributed by atoms with Crippen LogP contribution in [0.15, 0.2) is 47.7 Å². The molecule has 2 aromatic heterocycles. The fourth-order valence-corrected chi connectivity index (χ4v) is 3.76. The van der Waals surface area contributed by atoms with E-state index in [2.05, 4.69) is 15.0 Å². The number of alkyl halides is 3. The highest BCUT2D eigenvalue weighted by Crippen LogP contribution is 2.28. The van der Waals surface area contributed by atoms with Crippen LogP contribution in [0, 0.1) is 0 Å². The van der Waals surface area contributed by atoms with Crippen LogP contribution in [0.5, 0.6) is 0 Å². The van der Waals surface area contributed by atoms with Gasteiger partial charge in [0.15, 0.2) is 0 Å². The van der Waals surface area contributed by atoms with Crippen LogP contribution in [0.2, 0.25) is 0 Å². The predicted octanol–water partition coefficient (Wildman–Crippen LogP) is 3.23. The molecule has 3 aromatic rings. The number of hydrogen-bond acceptors (Lipinski definition) is 6. The predicted molar refractivity (Wildman–Crippen MR) is 115 cm³/mol. The minimum absolute atomic E-state index is 0.172. The quantitative estimate of drug-likeness (QED) is 0.642. The van der Waals surface area contributed by atoms with Gasteiger partial charge in [-0.1, -0.05) is 18.2 Å². The second kappa shape index (κ2) is 9.08. The highest BCUT2D eigenvalue weighted by molar-refractivity contribution is 5.84. The molecule has 3 heterocycles. The van der Waals surface area contributed by atoms with Crippen molar-refractivity contribution in [3.63, 3.8) is 0 Å². The summed E-state index contributed by atoms with van der Waals surface area (Å²) in [6.07, 6.45) is -1.80.